The average Bonchev–Trinajstić information content (AvgIpc) is 3.40. The van der Waals surface area contributed by atoms with E-state index in [-0.39, 0.29) is 20.4 Å². The van der Waals surface area contributed by atoms with E-state index in [1.54, 1.807) is 77.0 Å². The van der Waals surface area contributed by atoms with Crippen molar-refractivity contribution in [1.82, 2.24) is 0 Å². The van der Waals surface area contributed by atoms with Gasteiger partial charge in [0.25, 0.3) is 0 Å². The number of carbonyl (C=O) groups excluding carboxylic acids is 2. The quantitative estimate of drug-likeness (QED) is 0.293. The molecule has 3 rings (SSSR count). The first-order valence-electron chi connectivity index (χ1n) is 10.2. The van der Waals surface area contributed by atoms with Crippen LogP contribution in [0.5, 0.6) is 0 Å². The van der Waals surface area contributed by atoms with Gasteiger partial charge in [-0.3, -0.25) is 0 Å². The SMILES string of the molecule is C1CCC(P(C2CCCC2)C2CCCC2)C1.O=C([O-])C(F)(F)F.O=C([O-])C(F)(F)F.[Pd+2]. The molecule has 31 heavy (non-hydrogen) atoms. The van der Waals surface area contributed by atoms with Crippen molar-refractivity contribution in [2.45, 2.75) is 106 Å². The maximum Gasteiger partial charge on any atom is 2.00 e. The molecule has 3 saturated carbocycles. The van der Waals surface area contributed by atoms with Gasteiger partial charge in [-0.25, -0.2) is 0 Å². The van der Waals surface area contributed by atoms with Crippen molar-refractivity contribution < 1.29 is 66.6 Å². The number of carboxylic acids is 2. The molecule has 0 spiro atoms. The van der Waals surface area contributed by atoms with Crippen molar-refractivity contribution in [3.05, 3.63) is 0 Å². The molecule has 4 nitrogen and oxygen atoms in total. The zero-order valence-corrected chi connectivity index (χ0v) is 19.3. The van der Waals surface area contributed by atoms with E-state index >= 15 is 0 Å². The van der Waals surface area contributed by atoms with Gasteiger partial charge in [0.2, 0.25) is 0 Å². The topological polar surface area (TPSA) is 80.3 Å². The summed E-state index contributed by atoms with van der Waals surface area (Å²) in [6, 6.07) is 0. The Morgan fingerprint density at radius 2 is 0.742 bits per heavy atom. The summed E-state index contributed by atoms with van der Waals surface area (Å²) in [5.74, 6) is -6.01. The summed E-state index contributed by atoms with van der Waals surface area (Å²) in [5.41, 5.74) is 3.63. The number of aliphatic carboxylic acids is 2. The monoisotopic (exact) mass is 570 g/mol. The molecule has 3 aliphatic rings. The normalized spacial score (nSPS) is 20.5. The van der Waals surface area contributed by atoms with Gasteiger partial charge in [-0.15, -0.1) is 0 Å². The number of hydrogen-bond donors (Lipinski definition) is 0. The average molecular weight is 571 g/mol. The molecule has 12 heteroatoms. The molecule has 3 fully saturated rings. The maximum absolute atomic E-state index is 10.5. The first-order chi connectivity index (χ1) is 13.8. The van der Waals surface area contributed by atoms with Crippen LogP contribution in [-0.2, 0) is 30.0 Å². The third-order valence-electron chi connectivity index (χ3n) is 5.70. The van der Waals surface area contributed by atoms with Crippen molar-refractivity contribution >= 4 is 19.9 Å². The standard InChI is InChI=1S/C15H27P.2C2HF3O2.Pd/c1-2-8-13(7-1)16(14-9-3-4-10-14)15-11-5-6-12-15;2*3-2(4,5)1(6)7;/h13-15H,1-12H2;2*(H,6,7);/q;;;+2/p-2. The largest absolute Gasteiger partial charge is 2.00 e. The summed E-state index contributed by atoms with van der Waals surface area (Å²) in [6.45, 7) is 0. The minimum atomic E-state index is -5.19. The molecule has 0 aromatic carbocycles. The second kappa shape index (κ2) is 14.0. The Balaban J connectivity index is 0.000000510. The first kappa shape index (κ1) is 30.6. The van der Waals surface area contributed by atoms with Crippen LogP contribution in [0.4, 0.5) is 26.3 Å². The van der Waals surface area contributed by atoms with Gasteiger partial charge < -0.3 is 19.8 Å². The van der Waals surface area contributed by atoms with Crippen LogP contribution in [0.25, 0.3) is 0 Å². The molecule has 3 aliphatic carbocycles. The molecule has 0 heterocycles. The van der Waals surface area contributed by atoms with Gasteiger partial charge in [-0.05, 0) is 55.5 Å². The minimum Gasteiger partial charge on any atom is -0.542 e. The Hall–Kier alpha value is -0.388. The molecule has 0 aliphatic heterocycles. The van der Waals surface area contributed by atoms with Gasteiger partial charge in [0.15, 0.2) is 0 Å². The Kier molecular flexibility index (Phi) is 13.8. The van der Waals surface area contributed by atoms with Crippen LogP contribution in [-0.4, -0.2) is 41.3 Å². The Morgan fingerprint density at radius 3 is 0.871 bits per heavy atom. The zero-order chi connectivity index (χ0) is 22.9. The van der Waals surface area contributed by atoms with Crippen molar-refractivity contribution in [3.63, 3.8) is 0 Å². The van der Waals surface area contributed by atoms with Gasteiger partial charge in [0.05, 0.1) is 0 Å². The van der Waals surface area contributed by atoms with E-state index in [1.807, 2.05) is 0 Å². The Morgan fingerprint density at radius 1 is 0.581 bits per heavy atom. The van der Waals surface area contributed by atoms with Crippen molar-refractivity contribution in [2.24, 2.45) is 0 Å². The third kappa shape index (κ3) is 11.3. The van der Waals surface area contributed by atoms with E-state index in [0.29, 0.717) is 7.92 Å². The van der Waals surface area contributed by atoms with Gasteiger partial charge in [0, 0.05) is 0 Å². The van der Waals surface area contributed by atoms with Crippen molar-refractivity contribution in [1.29, 1.82) is 0 Å². The smallest absolute Gasteiger partial charge is 0.542 e. The Labute approximate surface area is 192 Å². The summed E-state index contributed by atoms with van der Waals surface area (Å²) in [7, 11) is 0.436. The predicted molar refractivity (Wildman–Crippen MR) is 95.8 cm³/mol. The molecule has 184 valence electrons. The van der Waals surface area contributed by atoms with Crippen molar-refractivity contribution in [2.75, 3.05) is 0 Å². The minimum absolute atomic E-state index is 0. The number of carboxylic acid groups (broad SMARTS) is 2. The fourth-order valence-electron chi connectivity index (χ4n) is 4.50. The van der Waals surface area contributed by atoms with Crippen LogP contribution in [0.3, 0.4) is 0 Å². The first-order valence-corrected chi connectivity index (χ1v) is 11.7. The van der Waals surface area contributed by atoms with Gasteiger partial charge in [0.1, 0.15) is 11.9 Å². The fourth-order valence-corrected chi connectivity index (χ4v) is 9.17. The van der Waals surface area contributed by atoms with Crippen LogP contribution in [0, 0.1) is 0 Å². The number of hydrogen-bond acceptors (Lipinski definition) is 4. The molecule has 0 bridgehead atoms. The molecule has 0 aromatic heterocycles. The molecular weight excluding hydrogens is 544 g/mol. The molecule has 0 amide bonds. The molecule has 0 radical (unpaired) electrons. The summed E-state index contributed by atoms with van der Waals surface area (Å²) in [4.78, 5) is 17.6. The van der Waals surface area contributed by atoms with E-state index in [0.717, 1.165) is 0 Å². The second-order valence-corrected chi connectivity index (χ2v) is 10.9. The van der Waals surface area contributed by atoms with Crippen molar-refractivity contribution in [3.8, 4) is 0 Å². The summed E-state index contributed by atoms with van der Waals surface area (Å²) in [6.07, 6.45) is 8.62. The molecular formula is C19H27F6O4PPd. The predicted octanol–water partition coefficient (Wildman–Crippen LogP) is 3.89. The number of rotatable bonds is 3. The number of alkyl halides is 6. The summed E-state index contributed by atoms with van der Waals surface area (Å²) in [5, 5.41) is 17.6. The van der Waals surface area contributed by atoms with E-state index in [1.165, 1.54) is 17.0 Å². The molecule has 0 atom stereocenters. The van der Waals surface area contributed by atoms with Crippen LogP contribution in [0.15, 0.2) is 0 Å². The zero-order valence-electron chi connectivity index (χ0n) is 16.9. The summed E-state index contributed by atoms with van der Waals surface area (Å²) < 4.78 is 63.1. The number of halogens is 6. The molecule has 0 saturated heterocycles. The number of carbonyl (C=O) groups is 2. The van der Waals surface area contributed by atoms with E-state index < -0.39 is 24.3 Å². The van der Waals surface area contributed by atoms with Crippen LogP contribution in [0.1, 0.15) is 77.0 Å². The Bertz CT molecular complexity index is 478. The fraction of sp³-hybridized carbons (Fsp3) is 0.895. The summed E-state index contributed by atoms with van der Waals surface area (Å²) >= 11 is 0. The van der Waals surface area contributed by atoms with Crippen LogP contribution in [0.2, 0.25) is 0 Å². The van der Waals surface area contributed by atoms with Crippen LogP contribution >= 0.6 is 7.92 Å². The van der Waals surface area contributed by atoms with Gasteiger partial charge >= 0.3 is 32.8 Å². The molecule has 0 aromatic rings. The van der Waals surface area contributed by atoms with Gasteiger partial charge in [-0.2, -0.15) is 26.3 Å². The molecule has 0 unspecified atom stereocenters. The van der Waals surface area contributed by atoms with E-state index in [2.05, 4.69) is 0 Å². The molecule has 0 N–H and O–H groups in total. The van der Waals surface area contributed by atoms with E-state index in [4.69, 9.17) is 19.8 Å². The maximum atomic E-state index is 10.5. The van der Waals surface area contributed by atoms with Gasteiger partial charge in [-0.1, -0.05) is 46.4 Å². The van der Waals surface area contributed by atoms with Crippen LogP contribution < -0.4 is 10.2 Å². The third-order valence-corrected chi connectivity index (χ3v) is 9.78. The second-order valence-electron chi connectivity index (χ2n) is 7.83. The van der Waals surface area contributed by atoms with E-state index in [9.17, 15) is 26.3 Å².